The van der Waals surface area contributed by atoms with E-state index in [4.69, 9.17) is 11.6 Å². The summed E-state index contributed by atoms with van der Waals surface area (Å²) in [6, 6.07) is 4.46. The van der Waals surface area contributed by atoms with Crippen molar-refractivity contribution in [3.63, 3.8) is 0 Å². The first-order valence-electron chi connectivity index (χ1n) is 11.9. The molecule has 4 heterocycles. The first-order chi connectivity index (χ1) is 19.6. The molecular formula is C24H19ClF5N9O2. The summed E-state index contributed by atoms with van der Waals surface area (Å²) in [5, 5.41) is 32.1. The fourth-order valence-electron chi connectivity index (χ4n) is 4.25. The van der Waals surface area contributed by atoms with Crippen LogP contribution in [-0.4, -0.2) is 52.8 Å². The highest BCUT2D eigenvalue weighted by atomic mass is 35.5. The van der Waals surface area contributed by atoms with Crippen molar-refractivity contribution in [1.82, 2.24) is 39.5 Å². The first kappa shape index (κ1) is 28.1. The number of hydrogen-bond acceptors (Lipinski definition) is 7. The third-order valence-electron chi connectivity index (χ3n) is 6.17. The second kappa shape index (κ2) is 11.6. The maximum Gasteiger partial charge on any atom is 0.345 e. The average Bonchev–Trinajstić information content (AvgIpc) is 3.69. The van der Waals surface area contributed by atoms with Crippen LogP contribution in [0.4, 0.5) is 22.0 Å². The van der Waals surface area contributed by atoms with Crippen molar-refractivity contribution >= 4 is 11.6 Å². The van der Waals surface area contributed by atoms with Gasteiger partial charge in [-0.15, -0.1) is 15.3 Å². The van der Waals surface area contributed by atoms with Crippen LogP contribution in [0.2, 0.25) is 5.02 Å². The van der Waals surface area contributed by atoms with Gasteiger partial charge in [-0.2, -0.15) is 18.6 Å². The molecule has 0 fully saturated rings. The van der Waals surface area contributed by atoms with E-state index in [0.29, 0.717) is 16.2 Å². The fraction of sp³-hybridized carbons (Fsp3) is 0.250. The molecule has 214 valence electrons. The number of aryl methyl sites for hydroxylation is 1. The van der Waals surface area contributed by atoms with E-state index in [-0.39, 0.29) is 34.0 Å². The van der Waals surface area contributed by atoms with Gasteiger partial charge >= 0.3 is 6.61 Å². The van der Waals surface area contributed by atoms with Gasteiger partial charge in [0.05, 0.1) is 52.7 Å². The monoisotopic (exact) mass is 595 g/mol. The summed E-state index contributed by atoms with van der Waals surface area (Å²) in [6.45, 7) is -1.70. The summed E-state index contributed by atoms with van der Waals surface area (Å²) in [7, 11) is 0. The third kappa shape index (κ3) is 5.74. The van der Waals surface area contributed by atoms with Crippen LogP contribution in [0.25, 0.3) is 22.5 Å². The number of benzene rings is 1. The molecule has 0 unspecified atom stereocenters. The molecule has 0 N–H and O–H groups in total. The Morgan fingerprint density at radius 1 is 1.10 bits per heavy atom. The van der Waals surface area contributed by atoms with Gasteiger partial charge < -0.3 is 9.94 Å². The largest absolute Gasteiger partial charge is 0.618 e. The fourth-order valence-corrected chi connectivity index (χ4v) is 4.41. The highest BCUT2D eigenvalue weighted by Gasteiger charge is 2.27. The quantitative estimate of drug-likeness (QED) is 0.132. The Balaban J connectivity index is 1.55. The first-order valence-corrected chi connectivity index (χ1v) is 12.2. The second-order valence-corrected chi connectivity index (χ2v) is 9.08. The van der Waals surface area contributed by atoms with Gasteiger partial charge in [-0.1, -0.05) is 16.8 Å². The van der Waals surface area contributed by atoms with Crippen molar-refractivity contribution in [3.05, 3.63) is 88.6 Å². The topological polar surface area (TPSA) is 115 Å². The van der Waals surface area contributed by atoms with Gasteiger partial charge in [0.25, 0.3) is 6.43 Å². The molecule has 0 aliphatic carbocycles. The average molecular weight is 596 g/mol. The minimum atomic E-state index is -3.02. The molecule has 0 saturated heterocycles. The van der Waals surface area contributed by atoms with Crippen molar-refractivity contribution in [3.8, 4) is 22.5 Å². The maximum atomic E-state index is 15.3. The number of aromatic nitrogens is 9. The molecule has 17 heteroatoms. The summed E-state index contributed by atoms with van der Waals surface area (Å²) >= 11 is 6.00. The molecule has 0 aliphatic heterocycles. The Bertz CT molecular complexity index is 1670. The highest BCUT2D eigenvalue weighted by Crippen LogP contribution is 2.34. The number of alkyl halides is 4. The van der Waals surface area contributed by atoms with Gasteiger partial charge in [0.2, 0.25) is 5.69 Å². The van der Waals surface area contributed by atoms with Gasteiger partial charge in [0.1, 0.15) is 23.9 Å². The molecule has 0 aliphatic rings. The predicted octanol–water partition coefficient (Wildman–Crippen LogP) is 4.60. The van der Waals surface area contributed by atoms with Crippen molar-refractivity contribution in [1.29, 1.82) is 0 Å². The molecule has 0 spiro atoms. The molecule has 1 aromatic carbocycles. The smallest absolute Gasteiger partial charge is 0.345 e. The van der Waals surface area contributed by atoms with E-state index in [1.54, 1.807) is 17.7 Å². The Hall–Kier alpha value is -4.44. The Kier molecular flexibility index (Phi) is 7.94. The third-order valence-corrected chi connectivity index (χ3v) is 6.46. The summed E-state index contributed by atoms with van der Waals surface area (Å²) in [5.41, 5.74) is -0.149. The van der Waals surface area contributed by atoms with Crippen molar-refractivity contribution in [2.75, 3.05) is 6.61 Å². The SMILES string of the molecule is Cc1nncn1-c1cnn([C@H](CCOC(F)F)c2ccc(-c3c(-n4cc(C(F)F)nn4)ccc(Cl)c3F)c[n+]2[O-])c1. The molecule has 0 amide bonds. The van der Waals surface area contributed by atoms with Crippen LogP contribution in [0.5, 0.6) is 0 Å². The van der Waals surface area contributed by atoms with Crippen LogP contribution >= 0.6 is 11.6 Å². The predicted molar refractivity (Wildman–Crippen MR) is 132 cm³/mol. The zero-order valence-corrected chi connectivity index (χ0v) is 21.7. The molecule has 1 atom stereocenters. The van der Waals surface area contributed by atoms with Crippen LogP contribution in [0.15, 0.2) is 55.4 Å². The van der Waals surface area contributed by atoms with Crippen LogP contribution in [0.3, 0.4) is 0 Å². The zero-order chi connectivity index (χ0) is 29.3. The van der Waals surface area contributed by atoms with Gasteiger partial charge in [-0.05, 0) is 25.1 Å². The maximum absolute atomic E-state index is 15.3. The van der Waals surface area contributed by atoms with Crippen molar-refractivity contribution in [2.45, 2.75) is 32.4 Å². The molecule has 0 radical (unpaired) electrons. The minimum absolute atomic E-state index is 0.00182. The van der Waals surface area contributed by atoms with Crippen molar-refractivity contribution < 1.29 is 31.4 Å². The van der Waals surface area contributed by atoms with Gasteiger partial charge in [0.15, 0.2) is 12.0 Å². The van der Waals surface area contributed by atoms with Gasteiger partial charge in [0, 0.05) is 12.5 Å². The lowest BCUT2D eigenvalue weighted by molar-refractivity contribution is -0.615. The number of pyridine rings is 1. The Morgan fingerprint density at radius 3 is 2.56 bits per heavy atom. The molecule has 4 aromatic heterocycles. The lowest BCUT2D eigenvalue weighted by atomic mass is 10.0. The lowest BCUT2D eigenvalue weighted by Gasteiger charge is -2.18. The number of hydrogen-bond donors (Lipinski definition) is 0. The van der Waals surface area contributed by atoms with Crippen LogP contribution < -0.4 is 4.73 Å². The Morgan fingerprint density at radius 2 is 1.90 bits per heavy atom. The van der Waals surface area contributed by atoms with E-state index in [1.165, 1.54) is 41.5 Å². The molecule has 0 saturated carbocycles. The minimum Gasteiger partial charge on any atom is -0.618 e. The molecular weight excluding hydrogens is 577 g/mol. The summed E-state index contributed by atoms with van der Waals surface area (Å²) in [4.78, 5) is 0. The lowest BCUT2D eigenvalue weighted by Crippen LogP contribution is -2.36. The molecule has 41 heavy (non-hydrogen) atoms. The van der Waals surface area contributed by atoms with Gasteiger partial charge in [-0.3, -0.25) is 9.25 Å². The Labute approximate surface area is 233 Å². The zero-order valence-electron chi connectivity index (χ0n) is 21.0. The van der Waals surface area contributed by atoms with Crippen molar-refractivity contribution in [2.24, 2.45) is 0 Å². The highest BCUT2D eigenvalue weighted by molar-refractivity contribution is 6.31. The van der Waals surface area contributed by atoms with Gasteiger partial charge in [-0.25, -0.2) is 17.9 Å². The number of ether oxygens (including phenoxy) is 1. The van der Waals surface area contributed by atoms with E-state index in [0.717, 1.165) is 17.1 Å². The summed E-state index contributed by atoms with van der Waals surface area (Å²) in [5.74, 6) is -0.355. The summed E-state index contributed by atoms with van der Waals surface area (Å²) < 4.78 is 75.7. The van der Waals surface area contributed by atoms with E-state index in [1.807, 2.05) is 0 Å². The summed E-state index contributed by atoms with van der Waals surface area (Å²) in [6.07, 6.45) is 3.54. The molecule has 5 aromatic rings. The number of rotatable bonds is 10. The van der Waals surface area contributed by atoms with Crippen LogP contribution in [-0.2, 0) is 4.74 Å². The van der Waals surface area contributed by atoms with E-state index >= 15 is 4.39 Å². The van der Waals surface area contributed by atoms with E-state index < -0.39 is 37.2 Å². The van der Waals surface area contributed by atoms with Crippen LogP contribution in [0.1, 0.15) is 36.1 Å². The second-order valence-electron chi connectivity index (χ2n) is 8.68. The molecule has 5 rings (SSSR count). The molecule has 0 bridgehead atoms. The normalized spacial score (nSPS) is 12.5. The van der Waals surface area contributed by atoms with E-state index in [9.17, 15) is 22.8 Å². The number of halogens is 6. The standard InChI is InChI=1S/C24H19ClF5N9O2/c1-13-33-31-12-36(13)15-8-32-37(10-15)18(6-7-41-24(29)30)19-4-2-14(9-39(19)40)21-20(5-3-16(25)22(21)26)38-11-17(23(27)28)34-35-38/h2-5,8-12,18,23-24H,6-7H2,1H3/t18-/m1/s1. The van der Waals surface area contributed by atoms with Crippen LogP contribution in [0, 0.1) is 17.9 Å². The molecule has 11 nitrogen and oxygen atoms in total. The number of nitrogens with zero attached hydrogens (tertiary/aromatic N) is 9. The van der Waals surface area contributed by atoms with E-state index in [2.05, 4.69) is 30.3 Å².